The number of pyridine rings is 1. The first-order valence-corrected chi connectivity index (χ1v) is 12.3. The van der Waals surface area contributed by atoms with E-state index in [1.54, 1.807) is 24.5 Å². The van der Waals surface area contributed by atoms with Crippen LogP contribution in [0.4, 0.5) is 10.2 Å². The third kappa shape index (κ3) is 6.00. The van der Waals surface area contributed by atoms with E-state index in [0.717, 1.165) is 18.4 Å². The molecular weight excluding hydrogens is 465 g/mol. The summed E-state index contributed by atoms with van der Waals surface area (Å²) >= 11 is 0. The van der Waals surface area contributed by atoms with E-state index in [1.165, 1.54) is 18.9 Å². The van der Waals surface area contributed by atoms with Gasteiger partial charge in [0, 0.05) is 55.6 Å². The van der Waals surface area contributed by atoms with Crippen molar-refractivity contribution in [1.29, 1.82) is 0 Å². The molecule has 1 aromatic carbocycles. The van der Waals surface area contributed by atoms with E-state index >= 15 is 0 Å². The predicted molar refractivity (Wildman–Crippen MR) is 130 cm³/mol. The Morgan fingerprint density at radius 1 is 1.33 bits per heavy atom. The van der Waals surface area contributed by atoms with Gasteiger partial charge in [0.1, 0.15) is 24.0 Å². The van der Waals surface area contributed by atoms with E-state index in [-0.39, 0.29) is 24.9 Å². The molecule has 0 spiro atoms. The molecule has 3 aromatic rings. The number of oxazole rings is 1. The third-order valence-corrected chi connectivity index (χ3v) is 6.65. The van der Waals surface area contributed by atoms with E-state index in [0.29, 0.717) is 60.6 Å². The van der Waals surface area contributed by atoms with Crippen LogP contribution in [0.2, 0.25) is 0 Å². The number of carbonyl (C=O) groups is 1. The molecule has 1 saturated carbocycles. The Bertz CT molecular complexity index is 1190. The largest absolute Gasteiger partial charge is 0.485 e. The molecule has 1 amide bonds. The van der Waals surface area contributed by atoms with Gasteiger partial charge in [-0.2, -0.15) is 0 Å². The van der Waals surface area contributed by atoms with Gasteiger partial charge in [-0.1, -0.05) is 0 Å². The van der Waals surface area contributed by atoms with Crippen molar-refractivity contribution in [2.24, 2.45) is 0 Å². The topological polar surface area (TPSA) is 113 Å². The van der Waals surface area contributed by atoms with Crippen LogP contribution >= 0.6 is 0 Å². The fourth-order valence-electron chi connectivity index (χ4n) is 4.44. The molecule has 3 N–H and O–H groups in total. The number of anilines is 1. The molecule has 5 rings (SSSR count). The van der Waals surface area contributed by atoms with Gasteiger partial charge in [0.2, 0.25) is 0 Å². The average molecular weight is 496 g/mol. The van der Waals surface area contributed by atoms with Crippen molar-refractivity contribution in [2.45, 2.75) is 51.0 Å². The lowest BCUT2D eigenvalue weighted by Crippen LogP contribution is -2.42. The lowest BCUT2D eigenvalue weighted by Gasteiger charge is -2.31. The number of fused-ring (bicyclic) bond motifs is 1. The third-order valence-electron chi connectivity index (χ3n) is 6.65. The molecule has 3 heterocycles. The van der Waals surface area contributed by atoms with Crippen LogP contribution < -0.4 is 15.4 Å². The number of ether oxygens (including phenoxy) is 1. The van der Waals surface area contributed by atoms with Crippen LogP contribution in [0.1, 0.15) is 46.5 Å². The summed E-state index contributed by atoms with van der Waals surface area (Å²) in [6.07, 6.45) is 7.80. The second-order valence-corrected chi connectivity index (χ2v) is 9.35. The van der Waals surface area contributed by atoms with E-state index in [9.17, 15) is 14.3 Å². The second kappa shape index (κ2) is 11.0. The normalized spacial score (nSPS) is 16.6. The molecule has 9 nitrogen and oxygen atoms in total. The highest BCUT2D eigenvalue weighted by Crippen LogP contribution is 2.28. The predicted octanol–water partition coefficient (Wildman–Crippen LogP) is 2.90. The fourth-order valence-corrected chi connectivity index (χ4v) is 4.44. The Balaban J connectivity index is 1.10. The molecule has 36 heavy (non-hydrogen) atoms. The molecular formula is C26H30FN5O4. The van der Waals surface area contributed by atoms with Crippen LogP contribution in [0.5, 0.6) is 5.75 Å². The lowest BCUT2D eigenvalue weighted by molar-refractivity contribution is 0.0839. The summed E-state index contributed by atoms with van der Waals surface area (Å²) < 4.78 is 25.6. The van der Waals surface area contributed by atoms with Gasteiger partial charge in [0.25, 0.3) is 5.91 Å². The van der Waals surface area contributed by atoms with Crippen molar-refractivity contribution in [1.82, 2.24) is 20.2 Å². The van der Waals surface area contributed by atoms with Crippen molar-refractivity contribution >= 4 is 11.7 Å². The lowest BCUT2D eigenvalue weighted by atomic mass is 9.93. The van der Waals surface area contributed by atoms with Crippen molar-refractivity contribution in [3.63, 3.8) is 0 Å². The number of hydrogen-bond donors (Lipinski definition) is 3. The zero-order valence-electron chi connectivity index (χ0n) is 20.0. The molecule has 2 aromatic heterocycles. The maximum Gasteiger partial charge on any atom is 0.251 e. The first kappa shape index (κ1) is 24.2. The Kier molecular flexibility index (Phi) is 7.43. The molecule has 2 aliphatic rings. The number of rotatable bonds is 10. The minimum atomic E-state index is -0.780. The highest BCUT2D eigenvalue weighted by Gasteiger charge is 2.23. The van der Waals surface area contributed by atoms with Crippen LogP contribution in [0.25, 0.3) is 0 Å². The molecule has 0 unspecified atom stereocenters. The Morgan fingerprint density at radius 3 is 3.00 bits per heavy atom. The second-order valence-electron chi connectivity index (χ2n) is 9.35. The first-order valence-electron chi connectivity index (χ1n) is 12.3. The summed E-state index contributed by atoms with van der Waals surface area (Å²) in [5.74, 6) is 1.10. The number of aliphatic hydroxyl groups is 1. The number of aromatic nitrogens is 2. The summed E-state index contributed by atoms with van der Waals surface area (Å²) in [7, 11) is 0. The number of halogens is 1. The van der Waals surface area contributed by atoms with Crippen molar-refractivity contribution in [3.8, 4) is 5.75 Å². The molecule has 0 bridgehead atoms. The Hall–Kier alpha value is -3.50. The number of aliphatic hydroxyl groups excluding tert-OH is 1. The highest BCUT2D eigenvalue weighted by atomic mass is 19.1. The molecule has 1 atom stereocenters. The maximum absolute atomic E-state index is 14.8. The standard InChI is InChI=1S/C26H30FN5O4/c27-24-10-21(35-15-22-12-28-16-36-22)8-17-5-7-32(14-23(17)24)13-20(33)11-30-26(34)18-4-6-29-25(9-18)31-19-2-1-3-19/h4,6,8-10,12,16,19-20,33H,1-3,5,7,11,13-15H2,(H,29,31)(H,30,34)/t20-/m0/s1. The highest BCUT2D eigenvalue weighted by molar-refractivity contribution is 5.94. The van der Waals surface area contributed by atoms with Gasteiger partial charge < -0.3 is 24.9 Å². The summed E-state index contributed by atoms with van der Waals surface area (Å²) in [4.78, 5) is 22.7. The monoisotopic (exact) mass is 495 g/mol. The molecule has 10 heteroatoms. The SMILES string of the molecule is O=C(NC[C@H](O)CN1CCc2cc(OCc3cnco3)cc(F)c2C1)c1ccnc(NC2CCC2)c1. The molecule has 1 aliphatic carbocycles. The van der Waals surface area contributed by atoms with Crippen LogP contribution in [0.3, 0.4) is 0 Å². The number of carbonyl (C=O) groups excluding carboxylic acids is 1. The van der Waals surface area contributed by atoms with Crippen LogP contribution in [-0.2, 0) is 19.6 Å². The van der Waals surface area contributed by atoms with Crippen molar-refractivity contribution < 1.29 is 23.4 Å². The average Bonchev–Trinajstić information content (AvgIpc) is 3.38. The number of β-amino-alcohol motifs (C(OH)–C–C–N with tert-alkyl or cyclic N) is 1. The number of nitrogens with one attached hydrogen (secondary N) is 2. The van der Waals surface area contributed by atoms with E-state index in [4.69, 9.17) is 9.15 Å². The Morgan fingerprint density at radius 2 is 2.22 bits per heavy atom. The molecule has 0 radical (unpaired) electrons. The number of benzene rings is 1. The smallest absolute Gasteiger partial charge is 0.251 e. The summed E-state index contributed by atoms with van der Waals surface area (Å²) in [6, 6.07) is 7.04. The summed E-state index contributed by atoms with van der Waals surface area (Å²) in [6.45, 7) is 1.67. The van der Waals surface area contributed by atoms with Gasteiger partial charge in [0.05, 0.1) is 12.3 Å². The van der Waals surface area contributed by atoms with Gasteiger partial charge in [0.15, 0.2) is 12.2 Å². The van der Waals surface area contributed by atoms with Crippen LogP contribution in [-0.4, -0.2) is 57.7 Å². The van der Waals surface area contributed by atoms with Crippen molar-refractivity contribution in [3.05, 3.63) is 71.3 Å². The zero-order chi connectivity index (χ0) is 24.9. The van der Waals surface area contributed by atoms with Crippen LogP contribution in [0.15, 0.2) is 47.5 Å². The van der Waals surface area contributed by atoms with E-state index in [1.807, 2.05) is 11.0 Å². The fraction of sp³-hybridized carbons (Fsp3) is 0.423. The minimum absolute atomic E-state index is 0.104. The van der Waals surface area contributed by atoms with Crippen LogP contribution in [0, 0.1) is 5.82 Å². The molecule has 1 aliphatic heterocycles. The molecule has 1 fully saturated rings. The number of nitrogens with zero attached hydrogens (tertiary/aromatic N) is 3. The molecule has 190 valence electrons. The summed E-state index contributed by atoms with van der Waals surface area (Å²) in [5, 5.41) is 16.6. The van der Waals surface area contributed by atoms with Gasteiger partial charge in [-0.3, -0.25) is 9.69 Å². The molecule has 0 saturated heterocycles. The maximum atomic E-state index is 14.8. The quantitative estimate of drug-likeness (QED) is 0.394. The first-order chi connectivity index (χ1) is 17.5. The van der Waals surface area contributed by atoms with E-state index < -0.39 is 6.10 Å². The van der Waals surface area contributed by atoms with Gasteiger partial charge in [-0.05, 0) is 49.4 Å². The van der Waals surface area contributed by atoms with Gasteiger partial charge >= 0.3 is 0 Å². The number of amides is 1. The van der Waals surface area contributed by atoms with E-state index in [2.05, 4.69) is 20.6 Å². The minimum Gasteiger partial charge on any atom is -0.485 e. The van der Waals surface area contributed by atoms with Gasteiger partial charge in [-0.25, -0.2) is 14.4 Å². The van der Waals surface area contributed by atoms with Gasteiger partial charge in [-0.15, -0.1) is 0 Å². The van der Waals surface area contributed by atoms with Crippen molar-refractivity contribution in [2.75, 3.05) is 25.0 Å². The Labute approximate surface area is 208 Å². The number of hydrogen-bond acceptors (Lipinski definition) is 8. The summed E-state index contributed by atoms with van der Waals surface area (Å²) in [5.41, 5.74) is 1.99. The zero-order valence-corrected chi connectivity index (χ0v) is 20.0.